The van der Waals surface area contributed by atoms with Gasteiger partial charge in [0.05, 0.1) is 0 Å². The molecular weight excluding hydrogens is 116 g/mol. The van der Waals surface area contributed by atoms with Gasteiger partial charge >= 0.3 is 17.7 Å². The van der Waals surface area contributed by atoms with Gasteiger partial charge in [0.2, 0.25) is 0 Å². The zero-order valence-electron chi connectivity index (χ0n) is 3.62. The summed E-state index contributed by atoms with van der Waals surface area (Å²) in [6, 6.07) is 0. The molecule has 0 atom stereocenters. The van der Waals surface area contributed by atoms with E-state index in [9.17, 15) is 14.4 Å². The van der Waals surface area contributed by atoms with Crippen LogP contribution in [0.2, 0.25) is 0 Å². The highest BCUT2D eigenvalue weighted by atomic mass is 16.4. The Morgan fingerprint density at radius 2 is 1.12 bits per heavy atom. The standard InChI is InChI=1S/C3H2O5/c4-1(2(5)6)3(7)8/h(H,5,6)(H,7,8). The van der Waals surface area contributed by atoms with Gasteiger partial charge in [-0.05, 0) is 0 Å². The van der Waals surface area contributed by atoms with E-state index in [4.69, 9.17) is 10.2 Å². The minimum atomic E-state index is -1.95. The summed E-state index contributed by atoms with van der Waals surface area (Å²) in [7, 11) is 0. The van der Waals surface area contributed by atoms with Crippen molar-refractivity contribution in [1.29, 1.82) is 0 Å². The maximum atomic E-state index is 9.64. The molecule has 0 heterocycles. The quantitative estimate of drug-likeness (QED) is 0.348. The molecule has 0 saturated carbocycles. The van der Waals surface area contributed by atoms with Crippen LogP contribution in [0.15, 0.2) is 0 Å². The number of carboxylic acid groups (broad SMARTS) is 2. The molecule has 0 aliphatic carbocycles. The Morgan fingerprint density at radius 3 is 1.12 bits per heavy atom. The minimum absolute atomic E-state index is 1.81. The van der Waals surface area contributed by atoms with E-state index in [2.05, 4.69) is 0 Å². The molecule has 2 N–H and O–H groups in total. The highest BCUT2D eigenvalue weighted by Crippen LogP contribution is 1.69. The Labute approximate surface area is 43.5 Å². The largest absolute Gasteiger partial charge is 0.475 e. The van der Waals surface area contributed by atoms with Crippen LogP contribution < -0.4 is 0 Å². The number of hydrogen-bond acceptors (Lipinski definition) is 3. The van der Waals surface area contributed by atoms with Crippen LogP contribution in [-0.2, 0) is 14.4 Å². The highest BCUT2D eigenvalue weighted by Gasteiger charge is 2.19. The summed E-state index contributed by atoms with van der Waals surface area (Å²) in [4.78, 5) is 28.5. The third kappa shape index (κ3) is 1.38. The second-order valence-corrected chi connectivity index (χ2v) is 0.939. The first-order valence-corrected chi connectivity index (χ1v) is 1.56. The molecule has 0 aliphatic heterocycles. The van der Waals surface area contributed by atoms with Gasteiger partial charge in [-0.15, -0.1) is 0 Å². The Hall–Kier alpha value is -1.39. The first-order chi connectivity index (χ1) is 3.55. The van der Waals surface area contributed by atoms with Crippen LogP contribution >= 0.6 is 0 Å². The van der Waals surface area contributed by atoms with Crippen LogP contribution in [0, 0.1) is 0 Å². The zero-order valence-corrected chi connectivity index (χ0v) is 3.62. The molecule has 0 rings (SSSR count). The average molecular weight is 118 g/mol. The van der Waals surface area contributed by atoms with E-state index in [1.165, 1.54) is 0 Å². The minimum Gasteiger partial charge on any atom is -0.475 e. The smallest absolute Gasteiger partial charge is 0.384 e. The molecule has 0 aromatic rings. The molecule has 0 unspecified atom stereocenters. The van der Waals surface area contributed by atoms with Gasteiger partial charge in [-0.1, -0.05) is 0 Å². The number of aliphatic carboxylic acids is 2. The molecule has 0 aromatic heterocycles. The lowest BCUT2D eigenvalue weighted by Crippen LogP contribution is -2.22. The normalized spacial score (nSPS) is 8.00. The lowest BCUT2D eigenvalue weighted by Gasteiger charge is -1.80. The summed E-state index contributed by atoms with van der Waals surface area (Å²) in [6.45, 7) is 0. The van der Waals surface area contributed by atoms with E-state index in [0.717, 1.165) is 0 Å². The van der Waals surface area contributed by atoms with Crippen molar-refractivity contribution in [3.63, 3.8) is 0 Å². The van der Waals surface area contributed by atoms with Crippen LogP contribution in [0.25, 0.3) is 0 Å². The van der Waals surface area contributed by atoms with Crippen molar-refractivity contribution in [3.05, 3.63) is 0 Å². The Morgan fingerprint density at radius 1 is 0.875 bits per heavy atom. The summed E-state index contributed by atoms with van der Waals surface area (Å²) >= 11 is 0. The fourth-order valence-corrected chi connectivity index (χ4v) is 0.0915. The first kappa shape index (κ1) is 6.61. The number of carboxylic acids is 2. The van der Waals surface area contributed by atoms with Crippen molar-refractivity contribution < 1.29 is 24.6 Å². The van der Waals surface area contributed by atoms with E-state index in [1.807, 2.05) is 0 Å². The lowest BCUT2D eigenvalue weighted by atomic mass is 10.4. The molecule has 0 aromatic carbocycles. The van der Waals surface area contributed by atoms with E-state index in [0.29, 0.717) is 0 Å². The molecule has 0 bridgehead atoms. The van der Waals surface area contributed by atoms with Gasteiger partial charge in [0.15, 0.2) is 0 Å². The number of rotatable bonds is 2. The van der Waals surface area contributed by atoms with E-state index in [-0.39, 0.29) is 0 Å². The van der Waals surface area contributed by atoms with Gasteiger partial charge in [-0.25, -0.2) is 9.59 Å². The van der Waals surface area contributed by atoms with Crippen LogP contribution in [0.4, 0.5) is 0 Å². The Balaban J connectivity index is 4.05. The first-order valence-electron chi connectivity index (χ1n) is 1.56. The number of carbonyl (C=O) groups is 3. The van der Waals surface area contributed by atoms with Crippen LogP contribution in [-0.4, -0.2) is 27.9 Å². The fourth-order valence-electron chi connectivity index (χ4n) is 0.0915. The van der Waals surface area contributed by atoms with Crippen molar-refractivity contribution in [2.45, 2.75) is 0 Å². The molecule has 0 fully saturated rings. The predicted molar refractivity (Wildman–Crippen MR) is 20.3 cm³/mol. The van der Waals surface area contributed by atoms with E-state index in [1.54, 1.807) is 0 Å². The van der Waals surface area contributed by atoms with E-state index >= 15 is 0 Å². The predicted octanol–water partition coefficient (Wildman–Crippen LogP) is -1.28. The van der Waals surface area contributed by atoms with Crippen LogP contribution in [0.1, 0.15) is 0 Å². The molecule has 5 nitrogen and oxygen atoms in total. The lowest BCUT2D eigenvalue weighted by molar-refractivity contribution is -0.159. The zero-order chi connectivity index (χ0) is 6.73. The summed E-state index contributed by atoms with van der Waals surface area (Å²) < 4.78 is 0. The highest BCUT2D eigenvalue weighted by molar-refractivity contribution is 6.59. The van der Waals surface area contributed by atoms with Gasteiger partial charge in [0.25, 0.3) is 0 Å². The SMILES string of the molecule is O=C(O)C(=O)C(=O)O. The van der Waals surface area contributed by atoms with Crippen LogP contribution in [0.3, 0.4) is 0 Å². The fraction of sp³-hybridized carbons (Fsp3) is 0. The van der Waals surface area contributed by atoms with Gasteiger partial charge in [-0.2, -0.15) is 0 Å². The molecule has 0 amide bonds. The summed E-state index contributed by atoms with van der Waals surface area (Å²) in [5, 5.41) is 15.2. The van der Waals surface area contributed by atoms with Gasteiger partial charge < -0.3 is 10.2 Å². The van der Waals surface area contributed by atoms with E-state index < -0.39 is 17.7 Å². The number of hydrogen-bond donors (Lipinski definition) is 2. The second kappa shape index (κ2) is 2.06. The molecule has 44 valence electrons. The third-order valence-corrected chi connectivity index (χ3v) is 0.388. The van der Waals surface area contributed by atoms with Crippen molar-refractivity contribution in [2.24, 2.45) is 0 Å². The maximum Gasteiger partial charge on any atom is 0.384 e. The van der Waals surface area contributed by atoms with Crippen molar-refractivity contribution in [1.82, 2.24) is 0 Å². The average Bonchev–Trinajstić information content (AvgIpc) is 1.64. The number of Topliss-reactive ketones (excluding diaryl/α,β-unsaturated/α-hetero) is 1. The Kier molecular flexibility index (Phi) is 1.70. The molecular formula is C3H2O5. The van der Waals surface area contributed by atoms with Crippen molar-refractivity contribution in [3.8, 4) is 0 Å². The number of carbonyl (C=O) groups excluding carboxylic acids is 1. The molecule has 0 radical (unpaired) electrons. The van der Waals surface area contributed by atoms with Crippen molar-refractivity contribution >= 4 is 17.7 Å². The summed E-state index contributed by atoms with van der Waals surface area (Å²) in [5.74, 6) is -5.71. The maximum absolute atomic E-state index is 9.64. The van der Waals surface area contributed by atoms with Crippen molar-refractivity contribution in [2.75, 3.05) is 0 Å². The molecule has 8 heavy (non-hydrogen) atoms. The molecule has 0 aliphatic rings. The molecule has 5 heteroatoms. The van der Waals surface area contributed by atoms with Gasteiger partial charge in [0, 0.05) is 0 Å². The summed E-state index contributed by atoms with van der Waals surface area (Å²) in [6.07, 6.45) is 0. The molecule has 0 spiro atoms. The second-order valence-electron chi connectivity index (χ2n) is 0.939. The summed E-state index contributed by atoms with van der Waals surface area (Å²) in [5.41, 5.74) is 0. The monoisotopic (exact) mass is 118 g/mol. The topological polar surface area (TPSA) is 91.7 Å². The Bertz CT molecular complexity index is 130. The molecule has 0 saturated heterocycles. The van der Waals surface area contributed by atoms with Gasteiger partial charge in [-0.3, -0.25) is 4.79 Å². The van der Waals surface area contributed by atoms with Crippen LogP contribution in [0.5, 0.6) is 0 Å². The number of ketones is 1. The van der Waals surface area contributed by atoms with Gasteiger partial charge in [0.1, 0.15) is 0 Å². The third-order valence-electron chi connectivity index (χ3n) is 0.388.